The van der Waals surface area contributed by atoms with Gasteiger partial charge in [-0.2, -0.15) is 0 Å². The van der Waals surface area contributed by atoms with E-state index in [1.165, 1.54) is 0 Å². The molecule has 0 bridgehead atoms. The lowest BCUT2D eigenvalue weighted by atomic mass is 10.00. The molecule has 2 amide bonds. The molecule has 2 aliphatic rings. The van der Waals surface area contributed by atoms with Crippen LogP contribution in [-0.2, 0) is 14.3 Å². The van der Waals surface area contributed by atoms with E-state index in [2.05, 4.69) is 20.5 Å². The third-order valence-electron chi connectivity index (χ3n) is 6.40. The highest BCUT2D eigenvalue weighted by Crippen LogP contribution is 2.39. The molecule has 1 aromatic heterocycles. The van der Waals surface area contributed by atoms with Crippen molar-refractivity contribution in [3.8, 4) is 0 Å². The second-order valence-corrected chi connectivity index (χ2v) is 8.69. The van der Waals surface area contributed by atoms with Gasteiger partial charge in [0.25, 0.3) is 5.91 Å². The molecule has 1 aromatic carbocycles. The lowest BCUT2D eigenvalue weighted by Crippen LogP contribution is -2.55. The number of carbonyl (C=O) groups excluding carboxylic acids is 2. The molecular weight excluding hydrogens is 434 g/mol. The fourth-order valence-corrected chi connectivity index (χ4v) is 4.58. The maximum atomic E-state index is 12.9. The van der Waals surface area contributed by atoms with Crippen molar-refractivity contribution >= 4 is 34.7 Å². The summed E-state index contributed by atoms with van der Waals surface area (Å²) >= 11 is 0. The molecule has 1 unspecified atom stereocenters. The Morgan fingerprint density at radius 3 is 2.79 bits per heavy atom. The summed E-state index contributed by atoms with van der Waals surface area (Å²) in [6.45, 7) is 4.52. The Hall–Kier alpha value is -3.17. The number of nitrogens with zero attached hydrogens (tertiary/aromatic N) is 3. The van der Waals surface area contributed by atoms with E-state index in [-0.39, 0.29) is 23.9 Å². The zero-order valence-electron chi connectivity index (χ0n) is 20.0. The van der Waals surface area contributed by atoms with Gasteiger partial charge >= 0.3 is 0 Å². The normalized spacial score (nSPS) is 18.6. The molecule has 1 saturated heterocycles. The molecule has 0 radical (unpaired) electrons. The number of anilines is 4. The Morgan fingerprint density at radius 2 is 2.03 bits per heavy atom. The summed E-state index contributed by atoms with van der Waals surface area (Å²) in [6.07, 6.45) is 4.26. The summed E-state index contributed by atoms with van der Waals surface area (Å²) in [6, 6.07) is 9.29. The van der Waals surface area contributed by atoms with Crippen molar-refractivity contribution in [3.05, 3.63) is 42.1 Å². The smallest absolute Gasteiger partial charge is 0.251 e. The molecule has 0 saturated carbocycles. The van der Waals surface area contributed by atoms with Crippen LogP contribution in [0, 0.1) is 0 Å². The number of pyridine rings is 1. The summed E-state index contributed by atoms with van der Waals surface area (Å²) < 4.78 is 10.6. The second kappa shape index (κ2) is 10.8. The first-order chi connectivity index (χ1) is 16.5. The van der Waals surface area contributed by atoms with Gasteiger partial charge in [-0.25, -0.2) is 4.98 Å². The number of carbonyl (C=O) groups is 2. The van der Waals surface area contributed by atoms with Gasteiger partial charge in [0.2, 0.25) is 5.91 Å². The van der Waals surface area contributed by atoms with E-state index in [1.54, 1.807) is 37.4 Å². The maximum absolute atomic E-state index is 12.9. The fraction of sp³-hybridized carbons (Fsp3) is 0.480. The van der Waals surface area contributed by atoms with Crippen molar-refractivity contribution in [2.24, 2.45) is 0 Å². The van der Waals surface area contributed by atoms with Gasteiger partial charge in [0.05, 0.1) is 17.6 Å². The van der Waals surface area contributed by atoms with Crippen molar-refractivity contribution in [3.63, 3.8) is 0 Å². The van der Waals surface area contributed by atoms with Gasteiger partial charge in [-0.15, -0.1) is 0 Å². The summed E-state index contributed by atoms with van der Waals surface area (Å²) in [5, 5.41) is 6.23. The summed E-state index contributed by atoms with van der Waals surface area (Å²) in [5.41, 5.74) is 3.11. The summed E-state index contributed by atoms with van der Waals surface area (Å²) in [4.78, 5) is 33.8. The third kappa shape index (κ3) is 5.15. The van der Waals surface area contributed by atoms with Crippen molar-refractivity contribution < 1.29 is 19.1 Å². The summed E-state index contributed by atoms with van der Waals surface area (Å²) in [7, 11) is 3.44. The van der Waals surface area contributed by atoms with Crippen molar-refractivity contribution in [1.82, 2.24) is 10.3 Å². The predicted molar refractivity (Wildman–Crippen MR) is 132 cm³/mol. The molecule has 1 atom stereocenters. The largest absolute Gasteiger partial charge is 0.385 e. The summed E-state index contributed by atoms with van der Waals surface area (Å²) in [5.74, 6) is 0.590. The number of amides is 2. The molecule has 2 aliphatic heterocycles. The van der Waals surface area contributed by atoms with E-state index >= 15 is 0 Å². The van der Waals surface area contributed by atoms with E-state index in [0.717, 1.165) is 36.3 Å². The zero-order valence-corrected chi connectivity index (χ0v) is 20.0. The number of methoxy groups -OCH3 is 1. The van der Waals surface area contributed by atoms with Gasteiger partial charge in [0.1, 0.15) is 11.9 Å². The van der Waals surface area contributed by atoms with Crippen LogP contribution in [0.4, 0.5) is 22.9 Å². The Kier molecular flexibility index (Phi) is 7.64. The minimum Gasteiger partial charge on any atom is -0.385 e. The monoisotopic (exact) mass is 467 g/mol. The van der Waals surface area contributed by atoms with Crippen LogP contribution in [0.15, 0.2) is 36.5 Å². The second-order valence-electron chi connectivity index (χ2n) is 8.69. The predicted octanol–water partition coefficient (Wildman–Crippen LogP) is 2.94. The lowest BCUT2D eigenvalue weighted by molar-refractivity contribution is -0.119. The van der Waals surface area contributed by atoms with E-state index in [1.807, 2.05) is 25.1 Å². The Morgan fingerprint density at radius 1 is 1.24 bits per heavy atom. The Labute approximate surface area is 200 Å². The van der Waals surface area contributed by atoms with E-state index in [4.69, 9.17) is 9.47 Å². The highest BCUT2D eigenvalue weighted by Gasteiger charge is 2.38. The first kappa shape index (κ1) is 24.0. The molecule has 9 nitrogen and oxygen atoms in total. The topological polar surface area (TPSA) is 96.0 Å². The first-order valence-corrected chi connectivity index (χ1v) is 11.8. The number of likely N-dealkylation sites (N-methyl/N-ethyl adjacent to an activating group) is 1. The van der Waals surface area contributed by atoms with Crippen LogP contribution >= 0.6 is 0 Å². The standard InChI is InChI=1S/C25H33N5O4/c1-17-25(32)29(2)22-16-27-23(15-21(22)30(17)20-8-12-34-13-9-20)28-19-7-4-6-18(14-19)24(31)26-10-5-11-33-3/h4,6-7,14-17,20H,5,8-13H2,1-3H3,(H,26,31)(H,27,28). The van der Waals surface area contributed by atoms with E-state index in [0.29, 0.717) is 37.7 Å². The molecule has 182 valence electrons. The average molecular weight is 468 g/mol. The maximum Gasteiger partial charge on any atom is 0.251 e. The van der Waals surface area contributed by atoms with Gasteiger partial charge in [0.15, 0.2) is 0 Å². The van der Waals surface area contributed by atoms with Gasteiger partial charge in [-0.1, -0.05) is 6.07 Å². The van der Waals surface area contributed by atoms with Crippen molar-refractivity contribution in [2.45, 2.75) is 38.3 Å². The van der Waals surface area contributed by atoms with Gasteiger partial charge in [0, 0.05) is 63.9 Å². The van der Waals surface area contributed by atoms with E-state index in [9.17, 15) is 9.59 Å². The van der Waals surface area contributed by atoms with Gasteiger partial charge in [-0.3, -0.25) is 9.59 Å². The molecule has 2 aromatic rings. The highest BCUT2D eigenvalue weighted by atomic mass is 16.5. The molecule has 2 N–H and O–H groups in total. The van der Waals surface area contributed by atoms with Crippen molar-refractivity contribution in [2.75, 3.05) is 55.6 Å². The minimum absolute atomic E-state index is 0.0608. The Bertz CT molecular complexity index is 1020. The number of rotatable bonds is 8. The third-order valence-corrected chi connectivity index (χ3v) is 6.40. The SMILES string of the molecule is COCCCNC(=O)c1cccc(Nc2cc3c(cn2)N(C)C(=O)C(C)N3C2CCOCC2)c1. The quantitative estimate of drug-likeness (QED) is 0.576. The number of aromatic nitrogens is 1. The number of fused-ring (bicyclic) bond motifs is 1. The molecule has 4 rings (SSSR count). The van der Waals surface area contributed by atoms with E-state index < -0.39 is 0 Å². The number of ether oxygens (including phenoxy) is 2. The average Bonchev–Trinajstić information content (AvgIpc) is 2.86. The zero-order chi connectivity index (χ0) is 24.1. The molecular formula is C25H33N5O4. The number of hydrogen-bond donors (Lipinski definition) is 2. The van der Waals surface area contributed by atoms with Crippen LogP contribution in [0.2, 0.25) is 0 Å². The molecule has 34 heavy (non-hydrogen) atoms. The lowest BCUT2D eigenvalue weighted by Gasteiger charge is -2.45. The Balaban J connectivity index is 1.55. The minimum atomic E-state index is -0.263. The number of hydrogen-bond acceptors (Lipinski definition) is 7. The fourth-order valence-electron chi connectivity index (χ4n) is 4.58. The molecule has 3 heterocycles. The highest BCUT2D eigenvalue weighted by molar-refractivity contribution is 6.05. The van der Waals surface area contributed by atoms with Crippen LogP contribution in [0.25, 0.3) is 0 Å². The van der Waals surface area contributed by atoms with Gasteiger partial charge < -0.3 is 29.9 Å². The number of nitrogens with one attached hydrogen (secondary N) is 2. The first-order valence-electron chi connectivity index (χ1n) is 11.8. The van der Waals surface area contributed by atoms with Crippen LogP contribution in [0.3, 0.4) is 0 Å². The van der Waals surface area contributed by atoms with Crippen LogP contribution < -0.4 is 20.4 Å². The molecule has 1 fully saturated rings. The molecule has 0 aliphatic carbocycles. The molecule has 9 heteroatoms. The molecule has 0 spiro atoms. The van der Waals surface area contributed by atoms with Crippen molar-refractivity contribution in [1.29, 1.82) is 0 Å². The van der Waals surface area contributed by atoms with Crippen LogP contribution in [-0.4, -0.2) is 69.4 Å². The van der Waals surface area contributed by atoms with Crippen LogP contribution in [0.1, 0.15) is 36.5 Å². The number of benzene rings is 1. The van der Waals surface area contributed by atoms with Gasteiger partial charge in [-0.05, 0) is 44.4 Å². The van der Waals surface area contributed by atoms with Crippen LogP contribution in [0.5, 0.6) is 0 Å².